The van der Waals surface area contributed by atoms with Crippen LogP contribution in [0, 0.1) is 0 Å². The standard InChI is InChI=1S/H3N.Na.H3O4P/c;;1-5(2,3)4/h1H3;;(H3,1,2,3,4)/q;+1;/p-2. The molecule has 0 unspecified atom stereocenters. The van der Waals surface area contributed by atoms with Crippen LogP contribution in [0.3, 0.4) is 0 Å². The third-order valence-corrected chi connectivity index (χ3v) is 0. The Kier molecular flexibility index (Phi) is 11.7. The summed E-state index contributed by atoms with van der Waals surface area (Å²) >= 11 is 0. The third kappa shape index (κ3) is 159. The van der Waals surface area contributed by atoms with Crippen molar-refractivity contribution in [2.24, 2.45) is 0 Å². The Bertz CT molecular complexity index is 57.8. The van der Waals surface area contributed by atoms with Crippen molar-refractivity contribution >= 4 is 7.82 Å². The number of quaternary nitrogens is 1. The largest absolute Gasteiger partial charge is 1.00 e. The van der Waals surface area contributed by atoms with Crippen molar-refractivity contribution < 1.29 is 48.8 Å². The molecule has 0 aromatic rings. The molecule has 0 fully saturated rings. The van der Waals surface area contributed by atoms with Gasteiger partial charge in [0.15, 0.2) is 0 Å². The third-order valence-electron chi connectivity index (χ3n) is 0. The van der Waals surface area contributed by atoms with Gasteiger partial charge in [-0.15, -0.1) is 0 Å². The first kappa shape index (κ1) is 15.7. The minimum atomic E-state index is -5.39. The molecule has 0 atom stereocenters. The molecule has 0 aliphatic heterocycles. The van der Waals surface area contributed by atoms with E-state index < -0.39 is 7.82 Å². The molecule has 0 aromatic carbocycles. The second-order valence-corrected chi connectivity index (χ2v) is 1.34. The second kappa shape index (κ2) is 5.21. The molecule has 4 N–H and O–H groups in total. The van der Waals surface area contributed by atoms with E-state index in [1.165, 1.54) is 0 Å². The average Bonchev–Trinajstić information content (AvgIpc) is 0.722. The van der Waals surface area contributed by atoms with Crippen LogP contribution >= 0.6 is 7.82 Å². The molecule has 0 saturated carbocycles. The van der Waals surface area contributed by atoms with Gasteiger partial charge in [0.25, 0.3) is 0 Å². The topological polar surface area (TPSA) is 123 Å². The van der Waals surface area contributed by atoms with Gasteiger partial charge in [-0.1, -0.05) is 0 Å². The van der Waals surface area contributed by atoms with Gasteiger partial charge >= 0.3 is 29.6 Å². The minimum absolute atomic E-state index is 0. The molecule has 0 amide bonds. The monoisotopic (exact) mass is 136 g/mol. The maximum Gasteiger partial charge on any atom is 1.00 e. The first-order chi connectivity index (χ1) is 2.00. The van der Waals surface area contributed by atoms with E-state index in [9.17, 15) is 0 Å². The van der Waals surface area contributed by atoms with Crippen molar-refractivity contribution in [2.45, 2.75) is 0 Å². The van der Waals surface area contributed by atoms with E-state index in [4.69, 9.17) is 19.2 Å². The van der Waals surface area contributed by atoms with Gasteiger partial charge < -0.3 is 25.4 Å². The summed E-state index contributed by atoms with van der Waals surface area (Å²) in [6, 6.07) is 0. The van der Waals surface area contributed by atoms with E-state index in [-0.39, 0.29) is 35.7 Å². The van der Waals surface area contributed by atoms with Crippen LogP contribution in [0.15, 0.2) is 0 Å². The maximum absolute atomic E-state index is 8.55. The Labute approximate surface area is 62.9 Å². The van der Waals surface area contributed by atoms with Gasteiger partial charge in [0.2, 0.25) is 0 Å². The SMILES string of the molecule is O=P([O-])([O-])[O-].[NH4+].[Na+]. The number of hydrogen-bond donors (Lipinski definition) is 1. The van der Waals surface area contributed by atoms with Gasteiger partial charge in [-0.25, -0.2) is 0 Å². The first-order valence-corrected chi connectivity index (χ1v) is 2.19. The summed E-state index contributed by atoms with van der Waals surface area (Å²) < 4.78 is 8.55. The molecule has 7 heteroatoms. The number of rotatable bonds is 0. The van der Waals surface area contributed by atoms with Crippen molar-refractivity contribution in [1.29, 1.82) is 0 Å². The van der Waals surface area contributed by atoms with Crippen LogP contribution in [-0.4, -0.2) is 0 Å². The van der Waals surface area contributed by atoms with Crippen LogP contribution in [0.1, 0.15) is 0 Å². The van der Waals surface area contributed by atoms with Crippen LogP contribution in [0.25, 0.3) is 0 Å². The molecule has 0 aromatic heterocycles. The molecule has 0 bridgehead atoms. The van der Waals surface area contributed by atoms with Gasteiger partial charge in [-0.05, 0) is 0 Å². The van der Waals surface area contributed by atoms with E-state index in [0.29, 0.717) is 0 Å². The van der Waals surface area contributed by atoms with E-state index in [0.717, 1.165) is 0 Å². The zero-order valence-corrected chi connectivity index (χ0v) is 6.97. The fourth-order valence-electron chi connectivity index (χ4n) is 0. The maximum atomic E-state index is 8.55. The van der Waals surface area contributed by atoms with Crippen molar-refractivity contribution in [3.63, 3.8) is 0 Å². The van der Waals surface area contributed by atoms with Crippen molar-refractivity contribution in [3.8, 4) is 0 Å². The Hall–Kier alpha value is 1.07. The Morgan fingerprint density at radius 3 is 1.14 bits per heavy atom. The molecular formula is H4NNaO4P-. The normalized spacial score (nSPS) is 8.43. The molecule has 0 spiro atoms. The zero-order chi connectivity index (χ0) is 4.50. The van der Waals surface area contributed by atoms with Crippen molar-refractivity contribution in [2.75, 3.05) is 0 Å². The summed E-state index contributed by atoms with van der Waals surface area (Å²) in [4.78, 5) is 25.6. The molecule has 0 aliphatic carbocycles. The molecule has 0 aliphatic rings. The van der Waals surface area contributed by atoms with Gasteiger partial charge in [-0.2, -0.15) is 7.82 Å². The van der Waals surface area contributed by atoms with Crippen LogP contribution in [-0.2, 0) is 4.57 Å². The molecule has 0 radical (unpaired) electrons. The fraction of sp³-hybridized carbons (Fsp3) is 0. The summed E-state index contributed by atoms with van der Waals surface area (Å²) in [5.41, 5.74) is 0. The molecular weight excluding hydrogens is 132 g/mol. The summed E-state index contributed by atoms with van der Waals surface area (Å²) in [5, 5.41) is 0. The van der Waals surface area contributed by atoms with Crippen LogP contribution in [0.5, 0.6) is 0 Å². The smallest absolute Gasteiger partial charge is 0.822 e. The van der Waals surface area contributed by atoms with E-state index in [2.05, 4.69) is 0 Å². The summed E-state index contributed by atoms with van der Waals surface area (Å²) in [5.74, 6) is 0. The Morgan fingerprint density at radius 1 is 1.14 bits per heavy atom. The predicted octanol–water partition coefficient (Wildman–Crippen LogP) is -5.44. The van der Waals surface area contributed by atoms with Gasteiger partial charge in [0.1, 0.15) is 0 Å². The van der Waals surface area contributed by atoms with Gasteiger partial charge in [0.05, 0.1) is 0 Å². The van der Waals surface area contributed by atoms with Crippen molar-refractivity contribution in [3.05, 3.63) is 0 Å². The van der Waals surface area contributed by atoms with Crippen molar-refractivity contribution in [1.82, 2.24) is 6.15 Å². The average molecular weight is 136 g/mol. The molecule has 0 heterocycles. The summed E-state index contributed by atoms with van der Waals surface area (Å²) in [6.07, 6.45) is 0. The zero-order valence-electron chi connectivity index (χ0n) is 4.08. The van der Waals surface area contributed by atoms with E-state index in [1.54, 1.807) is 0 Å². The quantitative estimate of drug-likeness (QED) is 0.263. The molecule has 0 rings (SSSR count). The van der Waals surface area contributed by atoms with E-state index in [1.807, 2.05) is 0 Å². The minimum Gasteiger partial charge on any atom is -0.822 e. The predicted molar refractivity (Wildman–Crippen MR) is 13.6 cm³/mol. The number of phosphoric acid groups is 1. The number of hydrogen-bond acceptors (Lipinski definition) is 4. The first-order valence-electron chi connectivity index (χ1n) is 0.730. The summed E-state index contributed by atoms with van der Waals surface area (Å²) in [7, 11) is -5.39. The summed E-state index contributed by atoms with van der Waals surface area (Å²) in [6.45, 7) is 0. The van der Waals surface area contributed by atoms with E-state index >= 15 is 0 Å². The second-order valence-electron chi connectivity index (χ2n) is 0.447. The Morgan fingerprint density at radius 2 is 1.14 bits per heavy atom. The van der Waals surface area contributed by atoms with Crippen LogP contribution < -0.4 is 50.4 Å². The van der Waals surface area contributed by atoms with Crippen LogP contribution in [0.4, 0.5) is 0 Å². The molecule has 0 saturated heterocycles. The Balaban J connectivity index is -0.0000000800. The molecule has 5 nitrogen and oxygen atoms in total. The molecule has 40 valence electrons. The van der Waals surface area contributed by atoms with Gasteiger partial charge in [0, 0.05) is 0 Å². The fourth-order valence-corrected chi connectivity index (χ4v) is 0. The van der Waals surface area contributed by atoms with Crippen LogP contribution in [0.2, 0.25) is 0 Å². The molecule has 7 heavy (non-hydrogen) atoms. The van der Waals surface area contributed by atoms with Gasteiger partial charge in [-0.3, -0.25) is 0 Å².